The minimum Gasteiger partial charge on any atom is -0.467 e. The van der Waals surface area contributed by atoms with Crippen LogP contribution < -0.4 is 4.90 Å². The molecule has 0 radical (unpaired) electrons. The van der Waals surface area contributed by atoms with Crippen LogP contribution in [-0.2, 0) is 17.6 Å². The molecule has 4 heterocycles. The van der Waals surface area contributed by atoms with Gasteiger partial charge in [0.2, 0.25) is 0 Å². The minimum atomic E-state index is -0.0657. The lowest BCUT2D eigenvalue weighted by molar-refractivity contribution is 0.0254. The number of ether oxygens (including phenoxy) is 1. The number of furan rings is 1. The summed E-state index contributed by atoms with van der Waals surface area (Å²) in [4.78, 5) is 16.5. The Hall–Kier alpha value is -2.73. The second-order valence-corrected chi connectivity index (χ2v) is 6.69. The third-order valence-electron chi connectivity index (χ3n) is 5.03. The number of aryl methyl sites for hydroxylation is 1. The third-order valence-corrected chi connectivity index (χ3v) is 5.03. The Bertz CT molecular complexity index is 896. The van der Waals surface area contributed by atoms with Crippen molar-refractivity contribution in [3.63, 3.8) is 0 Å². The Labute approximate surface area is 151 Å². The van der Waals surface area contributed by atoms with E-state index in [0.29, 0.717) is 12.4 Å². The number of fused-ring (bicyclic) bond motifs is 1. The fraction of sp³-hybridized carbons (Fsp3) is 0.350. The van der Waals surface area contributed by atoms with E-state index < -0.39 is 0 Å². The van der Waals surface area contributed by atoms with Crippen LogP contribution in [-0.4, -0.2) is 34.6 Å². The maximum absolute atomic E-state index is 5.92. The molecule has 1 saturated heterocycles. The molecule has 1 aliphatic carbocycles. The molecule has 1 fully saturated rings. The lowest BCUT2D eigenvalue weighted by atomic mass is 10.1. The summed E-state index contributed by atoms with van der Waals surface area (Å²) >= 11 is 0. The van der Waals surface area contributed by atoms with Gasteiger partial charge in [0.05, 0.1) is 19.4 Å². The smallest absolute Gasteiger partial charge is 0.180 e. The normalized spacial score (nSPS) is 19.5. The Morgan fingerprint density at radius 1 is 1.08 bits per heavy atom. The van der Waals surface area contributed by atoms with Gasteiger partial charge in [0.25, 0.3) is 0 Å². The van der Waals surface area contributed by atoms with E-state index in [1.54, 1.807) is 12.5 Å². The van der Waals surface area contributed by atoms with Crippen LogP contribution in [0.1, 0.15) is 29.5 Å². The first-order chi connectivity index (χ1) is 12.9. The number of hydrogen-bond donors (Lipinski definition) is 0. The molecule has 1 unspecified atom stereocenters. The van der Waals surface area contributed by atoms with Gasteiger partial charge in [0.1, 0.15) is 23.4 Å². The van der Waals surface area contributed by atoms with Crippen molar-refractivity contribution in [3.05, 3.63) is 59.8 Å². The average molecular weight is 348 g/mol. The number of hydrogen-bond acceptors (Lipinski definition) is 6. The van der Waals surface area contributed by atoms with Crippen LogP contribution >= 0.6 is 0 Å². The number of nitrogens with zero attached hydrogens (tertiary/aromatic N) is 4. The highest BCUT2D eigenvalue weighted by atomic mass is 16.5. The minimum absolute atomic E-state index is 0.0657. The molecule has 3 aromatic rings. The van der Waals surface area contributed by atoms with E-state index >= 15 is 0 Å². The van der Waals surface area contributed by atoms with E-state index in [1.807, 2.05) is 30.3 Å². The van der Waals surface area contributed by atoms with Gasteiger partial charge in [-0.3, -0.25) is 4.98 Å². The average Bonchev–Trinajstić information content (AvgIpc) is 3.40. The summed E-state index contributed by atoms with van der Waals surface area (Å²) in [5.41, 5.74) is 3.26. The summed E-state index contributed by atoms with van der Waals surface area (Å²) in [6.07, 6.45) is 6.59. The summed E-state index contributed by atoms with van der Waals surface area (Å²) in [7, 11) is 0. The van der Waals surface area contributed by atoms with Gasteiger partial charge in [-0.2, -0.15) is 0 Å². The van der Waals surface area contributed by atoms with Gasteiger partial charge in [0.15, 0.2) is 5.82 Å². The standard InChI is InChI=1S/C20H20N4O2/c1-2-9-21-16(6-1)19-22-15-7-3-5-14(15)20(23-19)24-10-12-26-18(13-24)17-8-4-11-25-17/h1-2,4,6,8-9,11,18H,3,5,7,10,12-13H2. The maximum atomic E-state index is 5.92. The quantitative estimate of drug-likeness (QED) is 0.724. The van der Waals surface area contributed by atoms with Crippen LogP contribution in [0, 0.1) is 0 Å². The van der Waals surface area contributed by atoms with Crippen molar-refractivity contribution in [1.82, 2.24) is 15.0 Å². The molecular formula is C20H20N4O2. The Morgan fingerprint density at radius 3 is 2.92 bits per heavy atom. The van der Waals surface area contributed by atoms with Gasteiger partial charge in [-0.05, 0) is 43.5 Å². The zero-order valence-electron chi connectivity index (χ0n) is 14.5. The van der Waals surface area contributed by atoms with E-state index in [9.17, 15) is 0 Å². The fourth-order valence-corrected chi connectivity index (χ4v) is 3.77. The van der Waals surface area contributed by atoms with E-state index in [4.69, 9.17) is 19.1 Å². The topological polar surface area (TPSA) is 64.3 Å². The van der Waals surface area contributed by atoms with Crippen LogP contribution in [0.25, 0.3) is 11.5 Å². The van der Waals surface area contributed by atoms with Crippen molar-refractivity contribution in [3.8, 4) is 11.5 Å². The van der Waals surface area contributed by atoms with Gasteiger partial charge >= 0.3 is 0 Å². The number of anilines is 1. The Balaban J connectivity index is 1.52. The lowest BCUT2D eigenvalue weighted by Crippen LogP contribution is -2.39. The number of aromatic nitrogens is 3. The predicted octanol–water partition coefficient (Wildman–Crippen LogP) is 3.20. The molecule has 0 spiro atoms. The second kappa shape index (κ2) is 6.53. The molecule has 1 atom stereocenters. The summed E-state index contributed by atoms with van der Waals surface area (Å²) in [5.74, 6) is 2.61. The molecule has 6 heteroatoms. The first kappa shape index (κ1) is 15.5. The molecule has 26 heavy (non-hydrogen) atoms. The van der Waals surface area contributed by atoms with E-state index in [2.05, 4.69) is 9.88 Å². The van der Waals surface area contributed by atoms with Crippen LogP contribution in [0.15, 0.2) is 47.2 Å². The SMILES string of the molecule is c1ccc(-c2nc3c(c(N4CCOC(c5ccco5)C4)n2)CCC3)nc1. The Morgan fingerprint density at radius 2 is 2.08 bits per heavy atom. The fourth-order valence-electron chi connectivity index (χ4n) is 3.77. The summed E-state index contributed by atoms with van der Waals surface area (Å²) < 4.78 is 11.5. The van der Waals surface area contributed by atoms with Crippen molar-refractivity contribution in [2.75, 3.05) is 24.6 Å². The molecule has 0 N–H and O–H groups in total. The molecule has 0 bridgehead atoms. The van der Waals surface area contributed by atoms with Crippen molar-refractivity contribution < 1.29 is 9.15 Å². The summed E-state index contributed by atoms with van der Waals surface area (Å²) in [5, 5.41) is 0. The van der Waals surface area contributed by atoms with Crippen LogP contribution in [0.4, 0.5) is 5.82 Å². The summed E-state index contributed by atoms with van der Waals surface area (Å²) in [6, 6.07) is 9.72. The third kappa shape index (κ3) is 2.76. The van der Waals surface area contributed by atoms with Gasteiger partial charge in [-0.25, -0.2) is 9.97 Å². The van der Waals surface area contributed by atoms with E-state index in [-0.39, 0.29) is 6.10 Å². The maximum Gasteiger partial charge on any atom is 0.180 e. The highest BCUT2D eigenvalue weighted by Gasteiger charge is 2.29. The van der Waals surface area contributed by atoms with Gasteiger partial charge in [0, 0.05) is 24.0 Å². The molecule has 0 amide bonds. The van der Waals surface area contributed by atoms with Crippen molar-refractivity contribution in [2.45, 2.75) is 25.4 Å². The van der Waals surface area contributed by atoms with Gasteiger partial charge in [-0.15, -0.1) is 0 Å². The van der Waals surface area contributed by atoms with E-state index in [1.165, 1.54) is 5.56 Å². The zero-order valence-corrected chi connectivity index (χ0v) is 14.5. The molecule has 1 aliphatic heterocycles. The van der Waals surface area contributed by atoms with Crippen LogP contribution in [0.5, 0.6) is 0 Å². The van der Waals surface area contributed by atoms with Crippen molar-refractivity contribution in [1.29, 1.82) is 0 Å². The second-order valence-electron chi connectivity index (χ2n) is 6.69. The highest BCUT2D eigenvalue weighted by molar-refractivity contribution is 5.59. The largest absolute Gasteiger partial charge is 0.467 e. The summed E-state index contributed by atoms with van der Waals surface area (Å²) in [6.45, 7) is 2.21. The monoisotopic (exact) mass is 348 g/mol. The molecule has 0 aromatic carbocycles. The molecule has 2 aliphatic rings. The predicted molar refractivity (Wildman–Crippen MR) is 96.9 cm³/mol. The van der Waals surface area contributed by atoms with Crippen LogP contribution in [0.3, 0.4) is 0 Å². The molecule has 0 saturated carbocycles. The first-order valence-electron chi connectivity index (χ1n) is 9.09. The molecule has 132 valence electrons. The number of morpholine rings is 1. The zero-order chi connectivity index (χ0) is 17.3. The molecule has 6 nitrogen and oxygen atoms in total. The van der Waals surface area contributed by atoms with Crippen molar-refractivity contribution in [2.24, 2.45) is 0 Å². The highest BCUT2D eigenvalue weighted by Crippen LogP contribution is 2.33. The number of rotatable bonds is 3. The van der Waals surface area contributed by atoms with Crippen molar-refractivity contribution >= 4 is 5.82 Å². The molecule has 3 aromatic heterocycles. The van der Waals surface area contributed by atoms with Gasteiger partial charge in [-0.1, -0.05) is 6.07 Å². The lowest BCUT2D eigenvalue weighted by Gasteiger charge is -2.34. The van der Waals surface area contributed by atoms with Gasteiger partial charge < -0.3 is 14.1 Å². The van der Waals surface area contributed by atoms with Crippen LogP contribution in [0.2, 0.25) is 0 Å². The number of pyridine rings is 1. The Kier molecular flexibility index (Phi) is 3.90. The molecular weight excluding hydrogens is 328 g/mol. The first-order valence-corrected chi connectivity index (χ1v) is 9.09. The van der Waals surface area contributed by atoms with E-state index in [0.717, 1.165) is 55.3 Å². The molecule has 5 rings (SSSR count).